The van der Waals surface area contributed by atoms with Gasteiger partial charge in [0.15, 0.2) is 0 Å². The van der Waals surface area contributed by atoms with E-state index in [1.807, 2.05) is 23.5 Å². The molecule has 18 heavy (non-hydrogen) atoms. The molecule has 4 bridgehead atoms. The predicted molar refractivity (Wildman–Crippen MR) is 80.7 cm³/mol. The lowest BCUT2D eigenvalue weighted by atomic mass is 10.2. The van der Waals surface area contributed by atoms with Crippen LogP contribution in [0.15, 0.2) is 42.5 Å². The normalized spacial score (nSPS) is 15.6. The van der Waals surface area contributed by atoms with Gasteiger partial charge in [0.05, 0.1) is 11.4 Å². The first kappa shape index (κ1) is 12.1. The Labute approximate surface area is 116 Å². The van der Waals surface area contributed by atoms with Gasteiger partial charge in [-0.25, -0.2) is 0 Å². The van der Waals surface area contributed by atoms with E-state index in [1.165, 1.54) is 22.5 Å². The van der Waals surface area contributed by atoms with Crippen LogP contribution in [0.5, 0.6) is 0 Å². The van der Waals surface area contributed by atoms with Crippen LogP contribution in [0.2, 0.25) is 0 Å². The molecule has 92 valence electrons. The maximum atomic E-state index is 4.71. The third-order valence-corrected chi connectivity index (χ3v) is 5.00. The van der Waals surface area contributed by atoms with E-state index in [0.29, 0.717) is 0 Å². The SMILES string of the molecule is c1cc2nc(c1)CSCc1ccc(cc1)CSC2. The summed E-state index contributed by atoms with van der Waals surface area (Å²) in [6.45, 7) is 0. The highest BCUT2D eigenvalue weighted by Crippen LogP contribution is 2.22. The van der Waals surface area contributed by atoms with Crippen LogP contribution >= 0.6 is 23.5 Å². The number of hydrogen-bond acceptors (Lipinski definition) is 3. The molecule has 2 aromatic rings. The molecular formula is C15H15NS2. The van der Waals surface area contributed by atoms with Gasteiger partial charge < -0.3 is 0 Å². The standard InChI is InChI=1S/C15H15NS2/c1-2-14-10-17-8-12-4-6-13(7-5-12)9-18-11-15(3-1)16-14/h1-7H,8-11H2. The van der Waals surface area contributed by atoms with Crippen LogP contribution in [0, 0.1) is 0 Å². The highest BCUT2D eigenvalue weighted by Gasteiger charge is 2.03. The molecule has 0 fully saturated rings. The zero-order valence-electron chi connectivity index (χ0n) is 10.1. The number of nitrogens with zero attached hydrogens (tertiary/aromatic N) is 1. The smallest absolute Gasteiger partial charge is 0.0506 e. The van der Waals surface area contributed by atoms with Gasteiger partial charge in [-0.15, -0.1) is 0 Å². The van der Waals surface area contributed by atoms with Gasteiger partial charge >= 0.3 is 0 Å². The van der Waals surface area contributed by atoms with Crippen molar-refractivity contribution in [3.8, 4) is 0 Å². The molecule has 1 aromatic carbocycles. The Morgan fingerprint density at radius 1 is 0.667 bits per heavy atom. The fourth-order valence-corrected chi connectivity index (χ4v) is 3.77. The van der Waals surface area contributed by atoms with Gasteiger partial charge in [-0.1, -0.05) is 30.3 Å². The molecule has 2 aliphatic rings. The zero-order valence-corrected chi connectivity index (χ0v) is 11.8. The van der Waals surface area contributed by atoms with Crippen molar-refractivity contribution in [3.63, 3.8) is 0 Å². The summed E-state index contributed by atoms with van der Waals surface area (Å²) in [4.78, 5) is 4.71. The first-order chi connectivity index (χ1) is 8.90. The lowest BCUT2D eigenvalue weighted by molar-refractivity contribution is 1.09. The van der Waals surface area contributed by atoms with Crippen LogP contribution in [0.3, 0.4) is 0 Å². The van der Waals surface area contributed by atoms with E-state index in [-0.39, 0.29) is 0 Å². The van der Waals surface area contributed by atoms with Crippen LogP contribution in [0.25, 0.3) is 0 Å². The number of fused-ring (bicyclic) bond motifs is 6. The lowest BCUT2D eigenvalue weighted by Crippen LogP contribution is -1.92. The molecule has 0 radical (unpaired) electrons. The quantitative estimate of drug-likeness (QED) is 0.712. The highest BCUT2D eigenvalue weighted by atomic mass is 32.2. The van der Waals surface area contributed by atoms with Crippen molar-refractivity contribution in [1.82, 2.24) is 4.98 Å². The molecule has 0 unspecified atom stereocenters. The van der Waals surface area contributed by atoms with Crippen molar-refractivity contribution in [2.24, 2.45) is 0 Å². The summed E-state index contributed by atoms with van der Waals surface area (Å²) in [7, 11) is 0. The van der Waals surface area contributed by atoms with Gasteiger partial charge in [0, 0.05) is 23.0 Å². The van der Waals surface area contributed by atoms with Crippen LogP contribution in [0.1, 0.15) is 22.5 Å². The second kappa shape index (κ2) is 5.81. The van der Waals surface area contributed by atoms with Crippen molar-refractivity contribution in [3.05, 3.63) is 65.0 Å². The summed E-state index contributed by atoms with van der Waals surface area (Å²) in [6.07, 6.45) is 0. The summed E-state index contributed by atoms with van der Waals surface area (Å²) in [5.41, 5.74) is 5.22. The average Bonchev–Trinajstić information content (AvgIpc) is 2.42. The molecule has 0 amide bonds. The van der Waals surface area contributed by atoms with Crippen LogP contribution in [0.4, 0.5) is 0 Å². The third-order valence-electron chi connectivity index (χ3n) is 2.92. The van der Waals surface area contributed by atoms with E-state index in [0.717, 1.165) is 23.0 Å². The second-order valence-corrected chi connectivity index (χ2v) is 6.39. The number of pyridine rings is 1. The minimum Gasteiger partial charge on any atom is -0.256 e. The number of thioether (sulfide) groups is 2. The number of hydrogen-bond donors (Lipinski definition) is 0. The van der Waals surface area contributed by atoms with E-state index in [4.69, 9.17) is 4.98 Å². The monoisotopic (exact) mass is 273 g/mol. The van der Waals surface area contributed by atoms with Gasteiger partial charge in [-0.3, -0.25) is 4.98 Å². The molecule has 1 aromatic heterocycles. The van der Waals surface area contributed by atoms with E-state index < -0.39 is 0 Å². The molecule has 4 rings (SSSR count). The van der Waals surface area contributed by atoms with Crippen LogP contribution < -0.4 is 0 Å². The van der Waals surface area contributed by atoms with Gasteiger partial charge in [0.25, 0.3) is 0 Å². The molecular weight excluding hydrogens is 258 g/mol. The van der Waals surface area contributed by atoms with E-state index in [1.54, 1.807) is 0 Å². The Hall–Kier alpha value is -0.930. The Morgan fingerprint density at radius 3 is 1.67 bits per heavy atom. The first-order valence-corrected chi connectivity index (χ1v) is 8.39. The highest BCUT2D eigenvalue weighted by molar-refractivity contribution is 7.98. The number of aromatic nitrogens is 1. The van der Waals surface area contributed by atoms with Gasteiger partial charge in [0.2, 0.25) is 0 Å². The molecule has 0 aliphatic carbocycles. The molecule has 3 heteroatoms. The second-order valence-electron chi connectivity index (χ2n) is 4.42. The van der Waals surface area contributed by atoms with Crippen molar-refractivity contribution in [1.29, 1.82) is 0 Å². The molecule has 0 saturated heterocycles. The summed E-state index contributed by atoms with van der Waals surface area (Å²) in [6, 6.07) is 15.4. The Morgan fingerprint density at radius 2 is 1.17 bits per heavy atom. The molecule has 0 spiro atoms. The van der Waals surface area contributed by atoms with Crippen molar-refractivity contribution < 1.29 is 0 Å². The maximum absolute atomic E-state index is 4.71. The van der Waals surface area contributed by atoms with Gasteiger partial charge in [0.1, 0.15) is 0 Å². The fourth-order valence-electron chi connectivity index (χ4n) is 1.97. The van der Waals surface area contributed by atoms with Crippen molar-refractivity contribution in [2.45, 2.75) is 23.0 Å². The lowest BCUT2D eigenvalue weighted by Gasteiger charge is -2.03. The summed E-state index contributed by atoms with van der Waals surface area (Å²) in [5.74, 6) is 4.14. The van der Waals surface area contributed by atoms with E-state index >= 15 is 0 Å². The van der Waals surface area contributed by atoms with E-state index in [2.05, 4.69) is 42.5 Å². The average molecular weight is 273 g/mol. The number of benzene rings is 1. The third kappa shape index (κ3) is 3.09. The Bertz CT molecular complexity index is 478. The largest absolute Gasteiger partial charge is 0.256 e. The maximum Gasteiger partial charge on any atom is 0.0506 e. The molecule has 0 N–H and O–H groups in total. The molecule has 2 aliphatic heterocycles. The molecule has 0 atom stereocenters. The minimum atomic E-state index is 1.00. The summed E-state index contributed by atoms with van der Waals surface area (Å²) < 4.78 is 0. The molecule has 1 nitrogen and oxygen atoms in total. The van der Waals surface area contributed by atoms with Gasteiger partial charge in [-0.2, -0.15) is 23.5 Å². The van der Waals surface area contributed by atoms with Crippen molar-refractivity contribution in [2.75, 3.05) is 0 Å². The fraction of sp³-hybridized carbons (Fsp3) is 0.267. The molecule has 3 heterocycles. The van der Waals surface area contributed by atoms with Crippen LogP contribution in [-0.2, 0) is 23.0 Å². The molecule has 0 saturated carbocycles. The zero-order chi connectivity index (χ0) is 12.2. The summed E-state index contributed by atoms with van der Waals surface area (Å²) >= 11 is 3.87. The Kier molecular flexibility index (Phi) is 3.91. The minimum absolute atomic E-state index is 1.00. The predicted octanol–water partition coefficient (Wildman–Crippen LogP) is 4.26. The summed E-state index contributed by atoms with van der Waals surface area (Å²) in [5, 5.41) is 0. The van der Waals surface area contributed by atoms with E-state index in [9.17, 15) is 0 Å². The van der Waals surface area contributed by atoms with Gasteiger partial charge in [-0.05, 0) is 23.3 Å². The number of rotatable bonds is 0. The van der Waals surface area contributed by atoms with Crippen LogP contribution in [-0.4, -0.2) is 4.98 Å². The topological polar surface area (TPSA) is 12.9 Å². The first-order valence-electron chi connectivity index (χ1n) is 6.08. The Balaban J connectivity index is 1.84. The van der Waals surface area contributed by atoms with Crippen molar-refractivity contribution >= 4 is 23.5 Å².